The van der Waals surface area contributed by atoms with E-state index in [0.29, 0.717) is 0 Å². The molecule has 0 fully saturated rings. The minimum absolute atomic E-state index is 0.124. The largest absolute Gasteiger partial charge is 0.455 e. The van der Waals surface area contributed by atoms with Crippen molar-refractivity contribution in [3.8, 4) is 44.5 Å². The maximum atomic E-state index is 7.26. The molecule has 11 aromatic carbocycles. The molecule has 1 aliphatic rings. The van der Waals surface area contributed by atoms with Crippen LogP contribution in [0.5, 0.6) is 0 Å². The van der Waals surface area contributed by atoms with Crippen LogP contribution < -0.4 is 4.90 Å². The molecule has 0 atom stereocenters. The Kier molecular flexibility index (Phi) is 8.29. The highest BCUT2D eigenvalue weighted by molar-refractivity contribution is 6.31. The van der Waals surface area contributed by atoms with Crippen molar-refractivity contribution in [2.45, 2.75) is 19.3 Å². The Morgan fingerprint density at radius 2 is 0.877 bits per heavy atom. The summed E-state index contributed by atoms with van der Waals surface area (Å²) in [5, 5.41) is 9.45. The van der Waals surface area contributed by atoms with Crippen molar-refractivity contribution in [1.29, 1.82) is 0 Å². The van der Waals surface area contributed by atoms with Crippen LogP contribution in [0, 0.1) is 0 Å². The van der Waals surface area contributed by atoms with E-state index in [1.807, 2.05) is 0 Å². The molecule has 2 nitrogen and oxygen atoms in total. The second-order valence-electron chi connectivity index (χ2n) is 18.0. The molecule has 65 heavy (non-hydrogen) atoms. The minimum Gasteiger partial charge on any atom is -0.455 e. The molecule has 1 aromatic heterocycles. The molecule has 1 heterocycles. The number of nitrogens with zero attached hydrogens (tertiary/aromatic N) is 1. The van der Waals surface area contributed by atoms with Crippen LogP contribution in [0.2, 0.25) is 0 Å². The van der Waals surface area contributed by atoms with Crippen LogP contribution in [0.25, 0.3) is 98.8 Å². The van der Waals surface area contributed by atoms with Crippen molar-refractivity contribution in [2.24, 2.45) is 0 Å². The van der Waals surface area contributed by atoms with E-state index in [4.69, 9.17) is 4.42 Å². The first-order chi connectivity index (χ1) is 32.0. The van der Waals surface area contributed by atoms with Crippen molar-refractivity contribution >= 4 is 71.3 Å². The summed E-state index contributed by atoms with van der Waals surface area (Å²) in [5.41, 5.74) is 17.3. The molecule has 0 radical (unpaired) electrons. The van der Waals surface area contributed by atoms with Crippen LogP contribution >= 0.6 is 0 Å². The number of benzene rings is 11. The Hall–Kier alpha value is -8.20. The van der Waals surface area contributed by atoms with Gasteiger partial charge in [0.25, 0.3) is 0 Å². The average Bonchev–Trinajstić information content (AvgIpc) is 3.87. The van der Waals surface area contributed by atoms with E-state index in [9.17, 15) is 0 Å². The van der Waals surface area contributed by atoms with E-state index in [0.717, 1.165) is 66.6 Å². The van der Waals surface area contributed by atoms with E-state index in [-0.39, 0.29) is 5.41 Å². The third-order valence-corrected chi connectivity index (χ3v) is 14.1. The first-order valence-electron chi connectivity index (χ1n) is 22.6. The van der Waals surface area contributed by atoms with Gasteiger partial charge in [-0.1, -0.05) is 196 Å². The van der Waals surface area contributed by atoms with Crippen molar-refractivity contribution < 1.29 is 4.42 Å². The lowest BCUT2D eigenvalue weighted by Gasteiger charge is -2.28. The fourth-order valence-corrected chi connectivity index (χ4v) is 10.9. The second-order valence-corrected chi connectivity index (χ2v) is 18.0. The van der Waals surface area contributed by atoms with Gasteiger partial charge < -0.3 is 9.32 Å². The van der Waals surface area contributed by atoms with E-state index >= 15 is 0 Å². The first-order valence-corrected chi connectivity index (χ1v) is 22.6. The van der Waals surface area contributed by atoms with Crippen LogP contribution in [0.4, 0.5) is 17.1 Å². The predicted octanol–water partition coefficient (Wildman–Crippen LogP) is 17.8. The number of furan rings is 1. The lowest BCUT2D eigenvalue weighted by molar-refractivity contribution is 0.660. The van der Waals surface area contributed by atoms with Gasteiger partial charge in [-0.25, -0.2) is 0 Å². The van der Waals surface area contributed by atoms with Crippen molar-refractivity contribution in [3.63, 3.8) is 0 Å². The number of hydrogen-bond donors (Lipinski definition) is 0. The topological polar surface area (TPSA) is 16.4 Å². The Morgan fingerprint density at radius 1 is 0.338 bits per heavy atom. The molecule has 0 aliphatic heterocycles. The molecule has 0 N–H and O–H groups in total. The Labute approximate surface area is 378 Å². The molecule has 0 amide bonds. The predicted molar refractivity (Wildman–Crippen MR) is 275 cm³/mol. The van der Waals surface area contributed by atoms with Gasteiger partial charge in [0.1, 0.15) is 11.2 Å². The smallest absolute Gasteiger partial charge is 0.143 e. The van der Waals surface area contributed by atoms with Crippen molar-refractivity contribution in [1.82, 2.24) is 0 Å². The molecular formula is C63H43NO. The summed E-state index contributed by atoms with van der Waals surface area (Å²) in [5.74, 6) is 0. The molecule has 306 valence electrons. The normalized spacial score (nSPS) is 12.9. The number of fused-ring (bicyclic) bond motifs is 12. The highest BCUT2D eigenvalue weighted by atomic mass is 16.3. The molecule has 2 heteroatoms. The molecule has 12 aromatic rings. The van der Waals surface area contributed by atoms with Crippen LogP contribution in [0.15, 0.2) is 229 Å². The molecule has 0 spiro atoms. The zero-order valence-corrected chi connectivity index (χ0v) is 36.2. The van der Waals surface area contributed by atoms with E-state index in [1.165, 1.54) is 60.3 Å². The summed E-state index contributed by atoms with van der Waals surface area (Å²) in [6, 6.07) is 82.0. The van der Waals surface area contributed by atoms with Gasteiger partial charge in [0, 0.05) is 44.2 Å². The number of rotatable bonds is 6. The first kappa shape index (κ1) is 37.4. The molecule has 0 unspecified atom stereocenters. The number of hydrogen-bond acceptors (Lipinski definition) is 2. The molecule has 0 saturated carbocycles. The second kappa shape index (κ2) is 14.4. The van der Waals surface area contributed by atoms with Gasteiger partial charge in [0.05, 0.1) is 0 Å². The molecule has 0 saturated heterocycles. The van der Waals surface area contributed by atoms with Gasteiger partial charge in [-0.3, -0.25) is 0 Å². The summed E-state index contributed by atoms with van der Waals surface area (Å²) < 4.78 is 7.26. The van der Waals surface area contributed by atoms with Crippen LogP contribution in [-0.2, 0) is 5.41 Å². The maximum absolute atomic E-state index is 7.26. The Morgan fingerprint density at radius 3 is 1.65 bits per heavy atom. The van der Waals surface area contributed by atoms with Crippen LogP contribution in [-0.4, -0.2) is 0 Å². The Balaban J connectivity index is 1.01. The average molecular weight is 830 g/mol. The number of anilines is 3. The third kappa shape index (κ3) is 5.74. The van der Waals surface area contributed by atoms with Gasteiger partial charge in [-0.05, 0) is 119 Å². The minimum atomic E-state index is -0.124. The van der Waals surface area contributed by atoms with Gasteiger partial charge in [-0.2, -0.15) is 0 Å². The maximum Gasteiger partial charge on any atom is 0.143 e. The molecule has 1 aliphatic carbocycles. The van der Waals surface area contributed by atoms with Crippen molar-refractivity contribution in [3.05, 3.63) is 236 Å². The molecule has 0 bridgehead atoms. The highest BCUT2D eigenvalue weighted by Crippen LogP contribution is 2.52. The van der Waals surface area contributed by atoms with E-state index in [1.54, 1.807) is 0 Å². The summed E-state index contributed by atoms with van der Waals surface area (Å²) in [6.07, 6.45) is 0. The SMILES string of the molecule is CC1(C)c2ccccc2-c2ccc(N(c3ccc(-c4ccccc4)cc3)c3ccc(-c4ccc5c(oc6c7ccccc7c7ccccc7c56)c4-c4cccc5ccccc45)cc3)cc21. The lowest BCUT2D eigenvalue weighted by atomic mass is 9.82. The zero-order chi connectivity index (χ0) is 43.2. The monoisotopic (exact) mass is 829 g/mol. The van der Waals surface area contributed by atoms with E-state index in [2.05, 4.69) is 243 Å². The summed E-state index contributed by atoms with van der Waals surface area (Å²) in [6.45, 7) is 4.71. The van der Waals surface area contributed by atoms with Gasteiger partial charge in [0.2, 0.25) is 0 Å². The van der Waals surface area contributed by atoms with Gasteiger partial charge in [-0.15, -0.1) is 0 Å². The third-order valence-electron chi connectivity index (χ3n) is 14.1. The highest BCUT2D eigenvalue weighted by Gasteiger charge is 2.36. The molecular weight excluding hydrogens is 787 g/mol. The summed E-state index contributed by atoms with van der Waals surface area (Å²) in [7, 11) is 0. The lowest BCUT2D eigenvalue weighted by Crippen LogP contribution is -2.16. The van der Waals surface area contributed by atoms with Crippen molar-refractivity contribution in [2.75, 3.05) is 4.90 Å². The van der Waals surface area contributed by atoms with Crippen LogP contribution in [0.3, 0.4) is 0 Å². The quantitative estimate of drug-likeness (QED) is 0.155. The Bertz CT molecular complexity index is 3830. The fraction of sp³-hybridized carbons (Fsp3) is 0.0476. The van der Waals surface area contributed by atoms with Crippen LogP contribution in [0.1, 0.15) is 25.0 Å². The summed E-state index contributed by atoms with van der Waals surface area (Å²) in [4.78, 5) is 2.40. The standard InChI is InChI=1S/C63H43NO/c1-63(2)57-26-13-12-22-51(57)52-36-35-46(39-58(52)63)64(44-31-27-41(28-32-44)40-15-4-3-5-16-40)45-33-29-43(30-34-45)48-37-38-56-60-54-23-10-8-20-49(54)50-21-9-11-24-55(50)61(60)65-62(56)59(48)53-25-14-18-42-17-6-7-19-47(42)53/h3-39H,1-2H3. The fourth-order valence-electron chi connectivity index (χ4n) is 10.9. The van der Waals surface area contributed by atoms with E-state index < -0.39 is 0 Å². The van der Waals surface area contributed by atoms with Gasteiger partial charge in [0.15, 0.2) is 0 Å². The molecule has 13 rings (SSSR count). The summed E-state index contributed by atoms with van der Waals surface area (Å²) >= 11 is 0. The van der Waals surface area contributed by atoms with Gasteiger partial charge >= 0.3 is 0 Å². The zero-order valence-electron chi connectivity index (χ0n) is 36.2.